The van der Waals surface area contributed by atoms with E-state index >= 15 is 0 Å². The van der Waals surface area contributed by atoms with E-state index in [1.54, 1.807) is 12.1 Å². The van der Waals surface area contributed by atoms with Gasteiger partial charge in [-0.2, -0.15) is 0 Å². The van der Waals surface area contributed by atoms with Gasteiger partial charge in [0.25, 0.3) is 5.56 Å². The molecule has 2 atom stereocenters. The molecule has 2 rings (SSSR count). The van der Waals surface area contributed by atoms with E-state index in [2.05, 4.69) is 10.7 Å². The summed E-state index contributed by atoms with van der Waals surface area (Å²) in [6.45, 7) is -1.08. The Morgan fingerprint density at radius 3 is 2.90 bits per heavy atom. The van der Waals surface area contributed by atoms with E-state index in [-0.39, 0.29) is 17.7 Å². The summed E-state index contributed by atoms with van der Waals surface area (Å²) in [4.78, 5) is 23.5. The molecule has 116 valence electrons. The number of anilines is 1. The number of aromatic nitrogens is 1. The predicted molar refractivity (Wildman–Crippen MR) is 74.2 cm³/mol. The lowest BCUT2D eigenvalue weighted by Gasteiger charge is -2.18. The average molecular weight is 321 g/mol. The van der Waals surface area contributed by atoms with Crippen LogP contribution in [0.25, 0.3) is 0 Å². The van der Waals surface area contributed by atoms with E-state index in [0.717, 1.165) is 10.6 Å². The fourth-order valence-corrected chi connectivity index (χ4v) is 2.47. The number of hydrazine groups is 1. The smallest absolute Gasteiger partial charge is 0.286 e. The number of alkyl halides is 2. The Kier molecular flexibility index (Phi) is 4.92. The van der Waals surface area contributed by atoms with E-state index in [1.165, 1.54) is 6.20 Å². The molecule has 1 aromatic rings. The number of amides is 1. The van der Waals surface area contributed by atoms with Gasteiger partial charge in [0.15, 0.2) is 5.82 Å². The number of likely N-dealkylation sites (N-methyl/N-ethyl adjacent to an activating group) is 1. The molecular formula is C12H15ClF2N4O2. The third kappa shape index (κ3) is 3.58. The van der Waals surface area contributed by atoms with Crippen molar-refractivity contribution in [2.45, 2.75) is 24.5 Å². The number of aryl methyl sites for hydroxylation is 1. The fourth-order valence-electron chi connectivity index (χ4n) is 2.15. The number of carbonyl (C=O) groups is 1. The topological polar surface area (TPSA) is 66.4 Å². The van der Waals surface area contributed by atoms with Crippen molar-refractivity contribution in [3.63, 3.8) is 0 Å². The zero-order chi connectivity index (χ0) is 15.6. The highest BCUT2D eigenvalue weighted by molar-refractivity contribution is 6.20. The number of pyridine rings is 1. The van der Waals surface area contributed by atoms with Crippen LogP contribution in [0.5, 0.6) is 0 Å². The number of halogens is 3. The Bertz CT molecular complexity index is 595. The molecule has 9 heteroatoms. The molecule has 1 aliphatic heterocycles. The van der Waals surface area contributed by atoms with E-state index in [4.69, 9.17) is 11.6 Å². The molecule has 1 amide bonds. The zero-order valence-corrected chi connectivity index (χ0v) is 12.0. The molecule has 0 saturated carbocycles. The largest absolute Gasteiger partial charge is 0.323 e. The highest BCUT2D eigenvalue weighted by Crippen LogP contribution is 2.17. The molecule has 0 spiro atoms. The lowest BCUT2D eigenvalue weighted by molar-refractivity contribution is -0.120. The number of carbonyl (C=O) groups excluding carboxylic acids is 1. The minimum Gasteiger partial charge on any atom is -0.323 e. The first-order chi connectivity index (χ1) is 9.92. The first-order valence-corrected chi connectivity index (χ1v) is 6.76. The standard InChI is InChI=1S/C12H15ClF2N4O2/c1-18-9(5-10(13)17-18)11(20)16-7-4-8(15)12(21)19(6-7)3-2-14/h4,6,9-10,17H,2-3,5H2,1H3,(H,16,20). The van der Waals surface area contributed by atoms with Crippen LogP contribution < -0.4 is 16.3 Å². The molecule has 0 aromatic carbocycles. The van der Waals surface area contributed by atoms with Gasteiger partial charge in [0, 0.05) is 25.7 Å². The molecule has 2 N–H and O–H groups in total. The Morgan fingerprint density at radius 1 is 1.62 bits per heavy atom. The van der Waals surface area contributed by atoms with Crippen molar-refractivity contribution < 1.29 is 13.6 Å². The zero-order valence-electron chi connectivity index (χ0n) is 11.3. The number of hydrogen-bond donors (Lipinski definition) is 2. The van der Waals surface area contributed by atoms with E-state index in [0.29, 0.717) is 6.42 Å². The second kappa shape index (κ2) is 6.50. The maximum atomic E-state index is 13.5. The van der Waals surface area contributed by atoms with Crippen LogP contribution in [-0.2, 0) is 11.3 Å². The monoisotopic (exact) mass is 320 g/mol. The molecule has 1 fully saturated rings. The quantitative estimate of drug-likeness (QED) is 0.632. The maximum absolute atomic E-state index is 13.5. The Hall–Kier alpha value is -1.51. The van der Waals surface area contributed by atoms with Crippen LogP contribution in [-0.4, -0.2) is 40.7 Å². The lowest BCUT2D eigenvalue weighted by atomic mass is 10.2. The van der Waals surface area contributed by atoms with Gasteiger partial charge in [-0.25, -0.2) is 19.2 Å². The SMILES string of the molecule is CN1NC(Cl)CC1C(=O)Nc1cc(F)c(=O)n(CCF)c1. The van der Waals surface area contributed by atoms with Gasteiger partial charge in [0.05, 0.1) is 17.7 Å². The Morgan fingerprint density at radius 2 is 2.33 bits per heavy atom. The first-order valence-electron chi connectivity index (χ1n) is 6.32. The molecule has 2 unspecified atom stereocenters. The molecule has 6 nitrogen and oxygen atoms in total. The second-order valence-corrected chi connectivity index (χ2v) is 5.24. The minimum atomic E-state index is -1.05. The lowest BCUT2D eigenvalue weighted by Crippen LogP contribution is -2.41. The minimum absolute atomic E-state index is 0.0944. The van der Waals surface area contributed by atoms with Crippen LogP contribution in [0.1, 0.15) is 6.42 Å². The maximum Gasteiger partial charge on any atom is 0.286 e. The van der Waals surface area contributed by atoms with Gasteiger partial charge in [0.2, 0.25) is 5.91 Å². The molecule has 2 heterocycles. The predicted octanol–water partition coefficient (Wildman–Crippen LogP) is 0.669. The molecule has 0 aliphatic carbocycles. The molecule has 21 heavy (non-hydrogen) atoms. The summed E-state index contributed by atoms with van der Waals surface area (Å²) in [5.41, 5.74) is 1.66. The van der Waals surface area contributed by atoms with Crippen molar-refractivity contribution in [3.05, 3.63) is 28.4 Å². The summed E-state index contributed by atoms with van der Waals surface area (Å²) in [6, 6.07) is 0.396. The van der Waals surface area contributed by atoms with Gasteiger partial charge in [-0.15, -0.1) is 11.6 Å². The summed E-state index contributed by atoms with van der Waals surface area (Å²) < 4.78 is 26.7. The second-order valence-electron chi connectivity index (χ2n) is 4.71. The highest BCUT2D eigenvalue weighted by Gasteiger charge is 2.33. The van der Waals surface area contributed by atoms with Crippen molar-refractivity contribution in [1.82, 2.24) is 15.0 Å². The first kappa shape index (κ1) is 15.9. The van der Waals surface area contributed by atoms with Crippen LogP contribution >= 0.6 is 11.6 Å². The summed E-state index contributed by atoms with van der Waals surface area (Å²) in [6.07, 6.45) is 1.60. The number of rotatable bonds is 4. The highest BCUT2D eigenvalue weighted by atomic mass is 35.5. The van der Waals surface area contributed by atoms with Gasteiger partial charge in [0.1, 0.15) is 12.7 Å². The number of nitrogens with zero attached hydrogens (tertiary/aromatic N) is 2. The third-order valence-electron chi connectivity index (χ3n) is 3.18. The normalized spacial score (nSPS) is 22.5. The Labute approximate surface area is 124 Å². The molecule has 1 aliphatic rings. The van der Waals surface area contributed by atoms with E-state index < -0.39 is 30.0 Å². The van der Waals surface area contributed by atoms with Gasteiger partial charge < -0.3 is 9.88 Å². The van der Waals surface area contributed by atoms with Crippen LogP contribution in [0.4, 0.5) is 14.5 Å². The average Bonchev–Trinajstić information content (AvgIpc) is 2.75. The Balaban J connectivity index is 2.16. The van der Waals surface area contributed by atoms with E-state index in [1.807, 2.05) is 0 Å². The molecule has 1 aromatic heterocycles. The summed E-state index contributed by atoms with van der Waals surface area (Å²) in [7, 11) is 1.66. The van der Waals surface area contributed by atoms with Crippen molar-refractivity contribution in [2.75, 3.05) is 19.0 Å². The summed E-state index contributed by atoms with van der Waals surface area (Å²) in [5.74, 6) is -1.44. The number of nitrogens with one attached hydrogen (secondary N) is 2. The summed E-state index contributed by atoms with van der Waals surface area (Å²) >= 11 is 5.88. The van der Waals surface area contributed by atoms with Gasteiger partial charge in [-0.05, 0) is 0 Å². The van der Waals surface area contributed by atoms with Crippen LogP contribution in [0.3, 0.4) is 0 Å². The number of hydrogen-bond acceptors (Lipinski definition) is 4. The third-order valence-corrected chi connectivity index (χ3v) is 3.46. The van der Waals surface area contributed by atoms with Crippen molar-refractivity contribution in [2.24, 2.45) is 0 Å². The summed E-state index contributed by atoms with van der Waals surface area (Å²) in [5, 5.41) is 4.06. The van der Waals surface area contributed by atoms with Crippen molar-refractivity contribution >= 4 is 23.2 Å². The van der Waals surface area contributed by atoms with Crippen molar-refractivity contribution in [3.8, 4) is 0 Å². The molecular weight excluding hydrogens is 306 g/mol. The molecule has 0 radical (unpaired) electrons. The molecule has 0 bridgehead atoms. The van der Waals surface area contributed by atoms with Crippen LogP contribution in [0.15, 0.2) is 17.1 Å². The van der Waals surface area contributed by atoms with Gasteiger partial charge >= 0.3 is 0 Å². The van der Waals surface area contributed by atoms with E-state index in [9.17, 15) is 18.4 Å². The van der Waals surface area contributed by atoms with Crippen LogP contribution in [0.2, 0.25) is 0 Å². The fraction of sp³-hybridized carbons (Fsp3) is 0.500. The van der Waals surface area contributed by atoms with Crippen molar-refractivity contribution in [1.29, 1.82) is 0 Å². The molecule has 1 saturated heterocycles. The van der Waals surface area contributed by atoms with Gasteiger partial charge in [-0.1, -0.05) is 0 Å². The van der Waals surface area contributed by atoms with Gasteiger partial charge in [-0.3, -0.25) is 9.59 Å². The van der Waals surface area contributed by atoms with Crippen LogP contribution in [0, 0.1) is 5.82 Å².